The highest BCUT2D eigenvalue weighted by Gasteiger charge is 2.29. The third-order valence-electron chi connectivity index (χ3n) is 5.46. The van der Waals surface area contributed by atoms with Gasteiger partial charge >= 0.3 is 12.1 Å². The summed E-state index contributed by atoms with van der Waals surface area (Å²) in [6.07, 6.45) is 0.272. The normalized spacial score (nSPS) is 14.2. The number of carboxylic acid groups (broad SMARTS) is 1. The molecule has 2 amide bonds. The molecule has 0 fully saturated rings. The molecule has 1 heterocycles. The Morgan fingerprint density at radius 2 is 1.94 bits per heavy atom. The number of benzene rings is 2. The molecule has 0 saturated heterocycles. The van der Waals surface area contributed by atoms with E-state index in [0.29, 0.717) is 23.1 Å². The fraction of sp³-hybridized carbons (Fsp3) is 0.318. The number of amides is 2. The molecule has 1 aliphatic rings. The van der Waals surface area contributed by atoms with Crippen molar-refractivity contribution in [2.24, 2.45) is 0 Å². The summed E-state index contributed by atoms with van der Waals surface area (Å²) in [5.74, 6) is -1.45. The van der Waals surface area contributed by atoms with Crippen LogP contribution in [0, 0.1) is 0 Å². The molecular formula is C22H22Cl2N2O7S. The molecular weight excluding hydrogens is 507 g/mol. The van der Waals surface area contributed by atoms with Crippen LogP contribution in [0.1, 0.15) is 27.0 Å². The number of nitrogens with one attached hydrogen (secondary N) is 1. The van der Waals surface area contributed by atoms with E-state index in [9.17, 15) is 27.9 Å². The number of nitrogens with zero attached hydrogens (tertiary/aromatic N) is 1. The predicted molar refractivity (Wildman–Crippen MR) is 125 cm³/mol. The van der Waals surface area contributed by atoms with Crippen LogP contribution in [0.25, 0.3) is 0 Å². The predicted octanol–water partition coefficient (Wildman–Crippen LogP) is 2.95. The van der Waals surface area contributed by atoms with Crippen LogP contribution in [0.3, 0.4) is 0 Å². The highest BCUT2D eigenvalue weighted by molar-refractivity contribution is 7.90. The van der Waals surface area contributed by atoms with E-state index < -0.39 is 33.8 Å². The van der Waals surface area contributed by atoms with Crippen molar-refractivity contribution < 1.29 is 32.6 Å². The van der Waals surface area contributed by atoms with Crippen LogP contribution in [-0.2, 0) is 38.8 Å². The van der Waals surface area contributed by atoms with Crippen molar-refractivity contribution in [3.63, 3.8) is 0 Å². The van der Waals surface area contributed by atoms with Gasteiger partial charge < -0.3 is 20.1 Å². The number of fused-ring (bicyclic) bond motifs is 1. The molecule has 0 radical (unpaired) electrons. The number of methoxy groups -OCH3 is 1. The second-order valence-electron chi connectivity index (χ2n) is 7.81. The standard InChI is InChI=1S/C22H22Cl2N2O7S/c1-33-21(28)17(9-12-4-3-5-14(8-12)34(2,31)32)25-20(27)18-16(23)10-13-11-26(22(29)30)7-6-15(13)19(18)24/h3-5,8,10,17H,6-7,9,11H2,1-2H3,(H,25,27)(H,29,30)/t17-/m0/s1. The lowest BCUT2D eigenvalue weighted by molar-refractivity contribution is -0.142. The molecule has 9 nitrogen and oxygen atoms in total. The fourth-order valence-electron chi connectivity index (χ4n) is 3.73. The first-order valence-electron chi connectivity index (χ1n) is 10.1. The summed E-state index contributed by atoms with van der Waals surface area (Å²) in [5.41, 5.74) is 1.67. The van der Waals surface area contributed by atoms with Gasteiger partial charge in [-0.05, 0) is 41.3 Å². The van der Waals surface area contributed by atoms with E-state index in [1.807, 2.05) is 0 Å². The van der Waals surface area contributed by atoms with Crippen LogP contribution < -0.4 is 5.32 Å². The van der Waals surface area contributed by atoms with Gasteiger partial charge in [0.25, 0.3) is 5.91 Å². The van der Waals surface area contributed by atoms with Crippen molar-refractivity contribution in [2.75, 3.05) is 19.9 Å². The van der Waals surface area contributed by atoms with Crippen LogP contribution in [0.5, 0.6) is 0 Å². The smallest absolute Gasteiger partial charge is 0.407 e. The molecule has 182 valence electrons. The maximum Gasteiger partial charge on any atom is 0.407 e. The Bertz CT molecular complexity index is 1260. The van der Waals surface area contributed by atoms with Gasteiger partial charge in [-0.25, -0.2) is 18.0 Å². The van der Waals surface area contributed by atoms with Gasteiger partial charge in [0.1, 0.15) is 6.04 Å². The van der Waals surface area contributed by atoms with Gasteiger partial charge in [-0.3, -0.25) is 4.79 Å². The number of esters is 1. The van der Waals surface area contributed by atoms with Gasteiger partial charge in [0.15, 0.2) is 9.84 Å². The summed E-state index contributed by atoms with van der Waals surface area (Å²) in [7, 11) is -2.29. The number of carbonyl (C=O) groups is 3. The Kier molecular flexibility index (Phi) is 7.74. The number of ether oxygens (including phenoxy) is 1. The lowest BCUT2D eigenvalue weighted by atomic mass is 9.96. The van der Waals surface area contributed by atoms with Crippen LogP contribution in [-0.4, -0.2) is 62.3 Å². The minimum Gasteiger partial charge on any atom is -0.467 e. The summed E-state index contributed by atoms with van der Waals surface area (Å²) in [6, 6.07) is 6.38. The molecule has 0 bridgehead atoms. The number of rotatable bonds is 6. The average Bonchev–Trinajstić information content (AvgIpc) is 2.77. The summed E-state index contributed by atoms with van der Waals surface area (Å²) in [5, 5.41) is 11.9. The first kappa shape index (κ1) is 25.8. The SMILES string of the molecule is COC(=O)[C@H](Cc1cccc(S(C)(=O)=O)c1)NC(=O)c1c(Cl)cc2c(c1Cl)CCN(C(=O)O)C2. The fourth-order valence-corrected chi connectivity index (χ4v) is 5.18. The second-order valence-corrected chi connectivity index (χ2v) is 10.6. The lowest BCUT2D eigenvalue weighted by Crippen LogP contribution is -2.43. The number of hydrogen-bond acceptors (Lipinski definition) is 6. The molecule has 1 atom stereocenters. The summed E-state index contributed by atoms with van der Waals surface area (Å²) < 4.78 is 28.5. The van der Waals surface area contributed by atoms with E-state index in [1.54, 1.807) is 12.1 Å². The van der Waals surface area contributed by atoms with Gasteiger partial charge in [0.2, 0.25) is 0 Å². The van der Waals surface area contributed by atoms with Crippen LogP contribution in [0.15, 0.2) is 35.2 Å². The molecule has 1 aliphatic heterocycles. The summed E-state index contributed by atoms with van der Waals surface area (Å²) in [4.78, 5) is 38.1. The van der Waals surface area contributed by atoms with E-state index in [1.165, 1.54) is 30.2 Å². The molecule has 34 heavy (non-hydrogen) atoms. The average molecular weight is 529 g/mol. The third kappa shape index (κ3) is 5.63. The van der Waals surface area contributed by atoms with Crippen molar-refractivity contribution in [1.82, 2.24) is 10.2 Å². The molecule has 0 aromatic heterocycles. The maximum absolute atomic E-state index is 13.1. The Hall–Kier alpha value is -2.82. The first-order valence-corrected chi connectivity index (χ1v) is 12.7. The molecule has 3 rings (SSSR count). The second kappa shape index (κ2) is 10.2. The zero-order chi connectivity index (χ0) is 25.2. The Balaban J connectivity index is 1.89. The van der Waals surface area contributed by atoms with Crippen LogP contribution >= 0.6 is 23.2 Å². The zero-order valence-corrected chi connectivity index (χ0v) is 20.6. The Labute approximate surface area is 206 Å². The number of halogens is 2. The molecule has 12 heteroatoms. The minimum atomic E-state index is -3.46. The lowest BCUT2D eigenvalue weighted by Gasteiger charge is -2.28. The highest BCUT2D eigenvalue weighted by atomic mass is 35.5. The number of sulfone groups is 1. The van der Waals surface area contributed by atoms with E-state index in [4.69, 9.17) is 27.9 Å². The zero-order valence-electron chi connectivity index (χ0n) is 18.3. The summed E-state index contributed by atoms with van der Waals surface area (Å²) in [6.45, 7) is 0.305. The largest absolute Gasteiger partial charge is 0.467 e. The van der Waals surface area contributed by atoms with Gasteiger partial charge in [0.05, 0.1) is 27.6 Å². The van der Waals surface area contributed by atoms with E-state index in [0.717, 1.165) is 6.26 Å². The minimum absolute atomic E-state index is 0.0104. The Morgan fingerprint density at radius 3 is 2.56 bits per heavy atom. The van der Waals surface area contributed by atoms with E-state index in [2.05, 4.69) is 5.32 Å². The van der Waals surface area contributed by atoms with Crippen molar-refractivity contribution in [1.29, 1.82) is 0 Å². The highest BCUT2D eigenvalue weighted by Crippen LogP contribution is 2.34. The quantitative estimate of drug-likeness (QED) is 0.551. The van der Waals surface area contributed by atoms with Gasteiger partial charge in [-0.1, -0.05) is 35.3 Å². The molecule has 0 unspecified atom stereocenters. The van der Waals surface area contributed by atoms with Gasteiger partial charge in [-0.2, -0.15) is 0 Å². The monoisotopic (exact) mass is 528 g/mol. The van der Waals surface area contributed by atoms with Crippen LogP contribution in [0.4, 0.5) is 4.79 Å². The molecule has 0 aliphatic carbocycles. The molecule has 0 spiro atoms. The number of carbonyl (C=O) groups excluding carboxylic acids is 2. The maximum atomic E-state index is 13.1. The third-order valence-corrected chi connectivity index (χ3v) is 7.29. The van der Waals surface area contributed by atoms with Gasteiger partial charge in [-0.15, -0.1) is 0 Å². The van der Waals surface area contributed by atoms with E-state index >= 15 is 0 Å². The topological polar surface area (TPSA) is 130 Å². The first-order chi connectivity index (χ1) is 15.9. The van der Waals surface area contributed by atoms with Crippen molar-refractivity contribution in [3.8, 4) is 0 Å². The van der Waals surface area contributed by atoms with Crippen LogP contribution in [0.2, 0.25) is 10.0 Å². The Morgan fingerprint density at radius 1 is 1.24 bits per heavy atom. The molecule has 2 aromatic carbocycles. The molecule has 2 N–H and O–H groups in total. The van der Waals surface area contributed by atoms with Crippen molar-refractivity contribution >= 4 is 51.0 Å². The molecule has 2 aromatic rings. The van der Waals surface area contributed by atoms with Crippen molar-refractivity contribution in [2.45, 2.75) is 30.3 Å². The number of hydrogen-bond donors (Lipinski definition) is 2. The van der Waals surface area contributed by atoms with E-state index in [-0.39, 0.29) is 40.0 Å². The summed E-state index contributed by atoms with van der Waals surface area (Å²) >= 11 is 12.8. The molecule has 0 saturated carbocycles. The van der Waals surface area contributed by atoms with Crippen molar-refractivity contribution in [3.05, 3.63) is 62.6 Å². The van der Waals surface area contributed by atoms with Gasteiger partial charge in [0, 0.05) is 25.8 Å².